The number of fused-ring (bicyclic) bond motifs is 1. The molecule has 0 fully saturated rings. The Balaban J connectivity index is 1.41. The predicted molar refractivity (Wildman–Crippen MR) is 109 cm³/mol. The minimum Gasteiger partial charge on any atom is -0.397 e. The number of nitrogens with zero attached hydrogens (tertiary/aromatic N) is 2. The lowest BCUT2D eigenvalue weighted by Crippen LogP contribution is -2.13. The average molecular weight is 356 g/mol. The smallest absolute Gasteiger partial charge is 0.255 e. The second kappa shape index (κ2) is 7.33. The molecule has 5 nitrogen and oxygen atoms in total. The van der Waals surface area contributed by atoms with Gasteiger partial charge < -0.3 is 11.1 Å². The number of benzene rings is 3. The van der Waals surface area contributed by atoms with Gasteiger partial charge in [0.05, 0.1) is 23.1 Å². The van der Waals surface area contributed by atoms with Crippen LogP contribution in [0.2, 0.25) is 0 Å². The monoisotopic (exact) mass is 356 g/mol. The van der Waals surface area contributed by atoms with E-state index in [1.54, 1.807) is 12.1 Å². The van der Waals surface area contributed by atoms with E-state index in [1.807, 2.05) is 59.4 Å². The number of amides is 1. The largest absolute Gasteiger partial charge is 0.397 e. The van der Waals surface area contributed by atoms with E-state index >= 15 is 0 Å². The molecular weight excluding hydrogens is 336 g/mol. The molecule has 0 radical (unpaired) electrons. The molecule has 0 saturated carbocycles. The van der Waals surface area contributed by atoms with Gasteiger partial charge in [-0.15, -0.1) is 0 Å². The molecule has 1 aromatic heterocycles. The first kappa shape index (κ1) is 16.8. The standard InChI is InChI=1S/C22H20N4O/c23-19-6-2-3-7-20(19)25-22(27)17-11-9-16(10-12-17)13-14-26-21-8-4-1-5-18(21)15-24-26/h1-12,15H,13-14,23H2,(H,25,27). The summed E-state index contributed by atoms with van der Waals surface area (Å²) in [5.74, 6) is -0.169. The van der Waals surface area contributed by atoms with Crippen molar-refractivity contribution in [2.75, 3.05) is 11.1 Å². The van der Waals surface area contributed by atoms with E-state index in [-0.39, 0.29) is 5.91 Å². The zero-order chi connectivity index (χ0) is 18.6. The molecule has 4 rings (SSSR count). The number of anilines is 2. The van der Waals surface area contributed by atoms with E-state index in [9.17, 15) is 4.79 Å². The maximum absolute atomic E-state index is 12.4. The molecule has 1 heterocycles. The van der Waals surface area contributed by atoms with Gasteiger partial charge in [-0.2, -0.15) is 5.10 Å². The quantitative estimate of drug-likeness (QED) is 0.529. The van der Waals surface area contributed by atoms with E-state index in [0.717, 1.165) is 29.4 Å². The Hall–Kier alpha value is -3.60. The Morgan fingerprint density at radius 2 is 1.70 bits per heavy atom. The van der Waals surface area contributed by atoms with Crippen molar-refractivity contribution < 1.29 is 4.79 Å². The molecule has 0 atom stereocenters. The van der Waals surface area contributed by atoms with Crippen molar-refractivity contribution in [1.29, 1.82) is 0 Å². The fraction of sp³-hybridized carbons (Fsp3) is 0.0909. The van der Waals surface area contributed by atoms with Crippen LogP contribution in [-0.4, -0.2) is 15.7 Å². The number of carbonyl (C=O) groups excluding carboxylic acids is 1. The third-order valence-electron chi connectivity index (χ3n) is 4.59. The van der Waals surface area contributed by atoms with E-state index in [1.165, 1.54) is 0 Å². The van der Waals surface area contributed by atoms with E-state index < -0.39 is 0 Å². The normalized spacial score (nSPS) is 10.8. The summed E-state index contributed by atoms with van der Waals surface area (Å²) in [6.07, 6.45) is 2.73. The van der Waals surface area contributed by atoms with E-state index in [4.69, 9.17) is 5.73 Å². The van der Waals surface area contributed by atoms with Gasteiger partial charge >= 0.3 is 0 Å². The van der Waals surface area contributed by atoms with Crippen LogP contribution >= 0.6 is 0 Å². The molecule has 0 aliphatic heterocycles. The van der Waals surface area contributed by atoms with Crippen molar-refractivity contribution in [2.45, 2.75) is 13.0 Å². The van der Waals surface area contributed by atoms with Crippen LogP contribution in [0, 0.1) is 0 Å². The van der Waals surface area contributed by atoms with E-state index in [0.29, 0.717) is 16.9 Å². The summed E-state index contributed by atoms with van der Waals surface area (Å²) in [6, 6.07) is 23.0. The molecular formula is C22H20N4O. The molecule has 3 aromatic carbocycles. The van der Waals surface area contributed by atoms with Gasteiger partial charge in [0.1, 0.15) is 0 Å². The van der Waals surface area contributed by atoms with Gasteiger partial charge in [-0.25, -0.2) is 0 Å². The third-order valence-corrected chi connectivity index (χ3v) is 4.59. The highest BCUT2D eigenvalue weighted by Crippen LogP contribution is 2.18. The summed E-state index contributed by atoms with van der Waals surface area (Å²) in [4.78, 5) is 12.4. The van der Waals surface area contributed by atoms with Crippen molar-refractivity contribution in [3.63, 3.8) is 0 Å². The number of nitrogens with one attached hydrogen (secondary N) is 1. The minimum atomic E-state index is -0.169. The van der Waals surface area contributed by atoms with Gasteiger partial charge in [0.25, 0.3) is 5.91 Å². The van der Waals surface area contributed by atoms with Gasteiger partial charge in [-0.3, -0.25) is 9.48 Å². The van der Waals surface area contributed by atoms with Crippen LogP contribution in [0.1, 0.15) is 15.9 Å². The van der Waals surface area contributed by atoms with Gasteiger partial charge in [-0.1, -0.05) is 42.5 Å². The number of para-hydroxylation sites is 3. The highest BCUT2D eigenvalue weighted by Gasteiger charge is 2.08. The summed E-state index contributed by atoms with van der Waals surface area (Å²) in [7, 11) is 0. The maximum atomic E-state index is 12.4. The highest BCUT2D eigenvalue weighted by atomic mass is 16.1. The van der Waals surface area contributed by atoms with Crippen molar-refractivity contribution in [3.05, 3.63) is 90.1 Å². The van der Waals surface area contributed by atoms with Crippen LogP contribution in [-0.2, 0) is 13.0 Å². The lowest BCUT2D eigenvalue weighted by molar-refractivity contribution is 0.102. The number of nitrogen functional groups attached to an aromatic ring is 1. The molecule has 0 saturated heterocycles. The molecule has 0 bridgehead atoms. The van der Waals surface area contributed by atoms with Crippen LogP contribution in [0.25, 0.3) is 10.9 Å². The van der Waals surface area contributed by atoms with Crippen LogP contribution in [0.4, 0.5) is 11.4 Å². The maximum Gasteiger partial charge on any atom is 0.255 e. The minimum absolute atomic E-state index is 0.169. The van der Waals surface area contributed by atoms with Crippen LogP contribution < -0.4 is 11.1 Å². The summed E-state index contributed by atoms with van der Waals surface area (Å²) in [5.41, 5.74) is 9.94. The van der Waals surface area contributed by atoms with Crippen LogP contribution in [0.15, 0.2) is 79.0 Å². The van der Waals surface area contributed by atoms with Crippen LogP contribution in [0.3, 0.4) is 0 Å². The summed E-state index contributed by atoms with van der Waals surface area (Å²) in [5, 5.41) is 8.44. The lowest BCUT2D eigenvalue weighted by Gasteiger charge is -2.09. The Kier molecular flexibility index (Phi) is 4.58. The third kappa shape index (κ3) is 3.67. The summed E-state index contributed by atoms with van der Waals surface area (Å²) >= 11 is 0. The number of aryl methyl sites for hydroxylation is 2. The first-order valence-electron chi connectivity index (χ1n) is 8.86. The van der Waals surface area contributed by atoms with Crippen LogP contribution in [0.5, 0.6) is 0 Å². The Labute approximate surface area is 157 Å². The number of hydrogen-bond acceptors (Lipinski definition) is 3. The average Bonchev–Trinajstić information content (AvgIpc) is 3.12. The van der Waals surface area contributed by atoms with Gasteiger partial charge in [0.15, 0.2) is 0 Å². The molecule has 0 unspecified atom stereocenters. The van der Waals surface area contributed by atoms with Gasteiger partial charge in [0.2, 0.25) is 0 Å². The number of carbonyl (C=O) groups is 1. The van der Waals surface area contributed by atoms with E-state index in [2.05, 4.69) is 22.5 Å². The van der Waals surface area contributed by atoms with Crippen molar-refractivity contribution in [1.82, 2.24) is 9.78 Å². The molecule has 27 heavy (non-hydrogen) atoms. The fourth-order valence-corrected chi connectivity index (χ4v) is 3.07. The van der Waals surface area contributed by atoms with Gasteiger partial charge in [0, 0.05) is 17.5 Å². The zero-order valence-corrected chi connectivity index (χ0v) is 14.8. The SMILES string of the molecule is Nc1ccccc1NC(=O)c1ccc(CCn2ncc3ccccc32)cc1. The zero-order valence-electron chi connectivity index (χ0n) is 14.8. The van der Waals surface area contributed by atoms with Crippen molar-refractivity contribution in [3.8, 4) is 0 Å². The Morgan fingerprint density at radius 3 is 2.52 bits per heavy atom. The molecule has 1 amide bonds. The second-order valence-corrected chi connectivity index (χ2v) is 6.41. The first-order valence-corrected chi connectivity index (χ1v) is 8.86. The fourth-order valence-electron chi connectivity index (χ4n) is 3.07. The Morgan fingerprint density at radius 1 is 0.963 bits per heavy atom. The second-order valence-electron chi connectivity index (χ2n) is 6.41. The number of aromatic nitrogens is 2. The molecule has 4 aromatic rings. The van der Waals surface area contributed by atoms with Gasteiger partial charge in [-0.05, 0) is 42.3 Å². The number of rotatable bonds is 5. The Bertz CT molecular complexity index is 1080. The summed E-state index contributed by atoms with van der Waals surface area (Å²) < 4.78 is 2.01. The van der Waals surface area contributed by atoms with Crippen molar-refractivity contribution in [2.24, 2.45) is 0 Å². The molecule has 134 valence electrons. The number of hydrogen-bond donors (Lipinski definition) is 2. The molecule has 3 N–H and O–H groups in total. The summed E-state index contributed by atoms with van der Waals surface area (Å²) in [6.45, 7) is 0.791. The highest BCUT2D eigenvalue weighted by molar-refractivity contribution is 6.05. The topological polar surface area (TPSA) is 72.9 Å². The predicted octanol–water partition coefficient (Wildman–Crippen LogP) is 4.11. The molecule has 0 aliphatic rings. The molecule has 0 aliphatic carbocycles. The molecule has 5 heteroatoms. The molecule has 0 spiro atoms. The number of nitrogens with two attached hydrogens (primary N) is 1. The first-order chi connectivity index (χ1) is 13.2. The van der Waals surface area contributed by atoms with Crippen molar-refractivity contribution >= 4 is 28.2 Å². The lowest BCUT2D eigenvalue weighted by atomic mass is 10.1.